The predicted octanol–water partition coefficient (Wildman–Crippen LogP) is 0.852. The van der Waals surface area contributed by atoms with Crippen LogP contribution in [0.25, 0.3) is 16.7 Å². The van der Waals surface area contributed by atoms with Gasteiger partial charge in [-0.3, -0.25) is 4.57 Å². The molecule has 2 heterocycles. The molecule has 0 fully saturated rings. The monoisotopic (exact) mass is 412 g/mol. The van der Waals surface area contributed by atoms with Crippen LogP contribution < -0.4 is 22.1 Å². The lowest BCUT2D eigenvalue weighted by molar-refractivity contribution is -0.485. The van der Waals surface area contributed by atoms with Gasteiger partial charge in [-0.15, -0.1) is 0 Å². The molecule has 0 aliphatic heterocycles. The van der Waals surface area contributed by atoms with Crippen LogP contribution in [0.2, 0.25) is 0 Å². The number of hydrogen-bond acceptors (Lipinski definition) is 5. The van der Waals surface area contributed by atoms with Crippen LogP contribution in [0.5, 0.6) is 0 Å². The highest BCUT2D eigenvalue weighted by Crippen LogP contribution is 2.14. The van der Waals surface area contributed by atoms with E-state index in [-0.39, 0.29) is 11.6 Å². The van der Waals surface area contributed by atoms with E-state index >= 15 is 0 Å². The van der Waals surface area contributed by atoms with Gasteiger partial charge in [-0.2, -0.15) is 4.98 Å². The first-order valence-electron chi connectivity index (χ1n) is 9.60. The average molecular weight is 412 g/mol. The average Bonchev–Trinajstić information content (AvgIpc) is 3.12. The number of rotatable bonds is 9. The second-order valence-electron chi connectivity index (χ2n) is 6.69. The van der Waals surface area contributed by atoms with Crippen LogP contribution in [0.4, 0.5) is 0 Å². The van der Waals surface area contributed by atoms with Crippen molar-refractivity contribution >= 4 is 17.0 Å². The fraction of sp³-hybridized carbons (Fsp3) is 0.316. The third kappa shape index (κ3) is 5.41. The molecule has 11 heteroatoms. The van der Waals surface area contributed by atoms with Gasteiger partial charge in [0.25, 0.3) is 5.96 Å². The number of hydrazone groups is 1. The lowest BCUT2D eigenvalue weighted by Crippen LogP contribution is -2.34. The third-order valence-corrected chi connectivity index (χ3v) is 4.51. The Bertz CT molecular complexity index is 1100. The Balaban J connectivity index is 1.53. The Morgan fingerprint density at radius 1 is 1.33 bits per heavy atom. The molecule has 0 unspecified atom stereocenters. The molecule has 1 aromatic carbocycles. The molecule has 2 aromatic heterocycles. The van der Waals surface area contributed by atoms with E-state index in [2.05, 4.69) is 25.7 Å². The summed E-state index contributed by atoms with van der Waals surface area (Å²) in [6.45, 7) is 3.88. The molecule has 30 heavy (non-hydrogen) atoms. The Hall–Kier alpha value is -3.73. The summed E-state index contributed by atoms with van der Waals surface area (Å²) in [5.74, 6) is -0.205. The topological polar surface area (TPSA) is 156 Å². The van der Waals surface area contributed by atoms with Crippen molar-refractivity contribution in [3.63, 3.8) is 0 Å². The molecule has 0 saturated carbocycles. The Morgan fingerprint density at radius 3 is 2.80 bits per heavy atom. The first-order valence-corrected chi connectivity index (χ1v) is 9.60. The summed E-state index contributed by atoms with van der Waals surface area (Å²) in [7, 11) is 0. The van der Waals surface area contributed by atoms with Gasteiger partial charge < -0.3 is 21.4 Å². The summed E-state index contributed by atoms with van der Waals surface area (Å²) < 4.78 is 1.54. The Morgan fingerprint density at radius 2 is 2.10 bits per heavy atom. The zero-order valence-electron chi connectivity index (χ0n) is 16.6. The fourth-order valence-corrected chi connectivity index (χ4v) is 2.99. The van der Waals surface area contributed by atoms with E-state index in [9.17, 15) is 14.9 Å². The Labute approximate surface area is 172 Å². The molecule has 0 spiro atoms. The first kappa shape index (κ1) is 21.0. The minimum atomic E-state index is -0.840. The summed E-state index contributed by atoms with van der Waals surface area (Å²) in [5.41, 5.74) is 8.48. The molecule has 11 nitrogen and oxygen atoms in total. The molecule has 0 atom stereocenters. The molecule has 0 saturated heterocycles. The lowest BCUT2D eigenvalue weighted by Gasteiger charge is -2.08. The number of aromatic nitrogens is 3. The number of nitrogens with two attached hydrogens (primary N) is 1. The van der Waals surface area contributed by atoms with Crippen molar-refractivity contribution in [3.05, 3.63) is 68.4 Å². The molecule has 0 radical (unpaired) electrons. The van der Waals surface area contributed by atoms with Crippen molar-refractivity contribution in [2.24, 2.45) is 10.8 Å². The van der Waals surface area contributed by atoms with Gasteiger partial charge in [0.05, 0.1) is 5.69 Å². The molecule has 0 aliphatic rings. The highest BCUT2D eigenvalue weighted by atomic mass is 16.7. The highest BCUT2D eigenvalue weighted by Gasteiger charge is 2.07. The molecule has 158 valence electrons. The minimum absolute atomic E-state index is 0.205. The van der Waals surface area contributed by atoms with Crippen molar-refractivity contribution in [1.29, 1.82) is 0 Å². The normalized spacial score (nSPS) is 11.7. The predicted molar refractivity (Wildman–Crippen MR) is 114 cm³/mol. The van der Waals surface area contributed by atoms with E-state index in [1.54, 1.807) is 6.20 Å². The maximum atomic E-state index is 12.4. The molecule has 5 N–H and O–H groups in total. The van der Waals surface area contributed by atoms with Gasteiger partial charge in [0.2, 0.25) is 0 Å². The summed E-state index contributed by atoms with van der Waals surface area (Å²) in [6.07, 6.45) is 3.38. The van der Waals surface area contributed by atoms with Gasteiger partial charge in [0.15, 0.2) is 5.03 Å². The zero-order valence-corrected chi connectivity index (χ0v) is 16.6. The standard InChI is InChI=1S/C19H24N8O3/c1-2-15-10-14-12-26(19(28)24-17(14)23-15)16-6-4-13(5-7-16)11-21-8-3-9-22-18(20)25-27(29)30/h4-7,10,12,21H,2-3,8-9,11H2,1H3,(H3,20,22,25)(H,23,24,28). The number of H-pyrrole nitrogens is 1. The molecule has 3 rings (SSSR count). The van der Waals surface area contributed by atoms with Gasteiger partial charge in [0, 0.05) is 30.4 Å². The van der Waals surface area contributed by atoms with Crippen molar-refractivity contribution in [3.8, 4) is 5.69 Å². The molecule has 0 amide bonds. The number of nitrogens with zero attached hydrogens (tertiary/aromatic N) is 4. The molecule has 0 aliphatic carbocycles. The fourth-order valence-electron chi connectivity index (χ4n) is 2.99. The molecule has 3 aromatic rings. The van der Waals surface area contributed by atoms with Crippen molar-refractivity contribution in [1.82, 2.24) is 25.2 Å². The third-order valence-electron chi connectivity index (χ3n) is 4.51. The second kappa shape index (κ2) is 9.65. The van der Waals surface area contributed by atoms with Crippen molar-refractivity contribution in [2.45, 2.75) is 26.3 Å². The van der Waals surface area contributed by atoms with E-state index in [0.29, 0.717) is 25.3 Å². The number of nitrogens with one attached hydrogen (secondary N) is 3. The number of guanidine groups is 1. The van der Waals surface area contributed by atoms with Gasteiger partial charge in [0.1, 0.15) is 10.7 Å². The van der Waals surface area contributed by atoms with E-state index in [1.807, 2.05) is 37.3 Å². The number of aryl methyl sites for hydroxylation is 1. The number of aromatic amines is 1. The number of hydrogen-bond donors (Lipinski definition) is 4. The van der Waals surface area contributed by atoms with Crippen LogP contribution >= 0.6 is 0 Å². The number of fused-ring (bicyclic) bond motifs is 1. The van der Waals surface area contributed by atoms with Crippen molar-refractivity contribution < 1.29 is 5.03 Å². The quantitative estimate of drug-likeness (QED) is 0.133. The largest absolute Gasteiger partial charge is 0.365 e. The van der Waals surface area contributed by atoms with Crippen LogP contribution in [0.3, 0.4) is 0 Å². The summed E-state index contributed by atoms with van der Waals surface area (Å²) in [6, 6.07) is 9.68. The first-order chi connectivity index (χ1) is 14.5. The van der Waals surface area contributed by atoms with E-state index in [1.165, 1.54) is 4.57 Å². The van der Waals surface area contributed by atoms with Crippen LogP contribution in [-0.2, 0) is 13.0 Å². The van der Waals surface area contributed by atoms with E-state index in [0.717, 1.165) is 35.2 Å². The lowest BCUT2D eigenvalue weighted by atomic mass is 10.2. The molecular weight excluding hydrogens is 388 g/mol. The summed E-state index contributed by atoms with van der Waals surface area (Å²) in [4.78, 5) is 29.8. The van der Waals surface area contributed by atoms with Gasteiger partial charge in [-0.25, -0.2) is 14.9 Å². The number of nitro groups is 1. The zero-order chi connectivity index (χ0) is 21.5. The molecule has 0 bridgehead atoms. The molecular formula is C19H24N8O3. The van der Waals surface area contributed by atoms with Crippen LogP contribution in [0, 0.1) is 10.1 Å². The second-order valence-corrected chi connectivity index (χ2v) is 6.69. The van der Waals surface area contributed by atoms with Crippen LogP contribution in [-0.4, -0.2) is 38.6 Å². The van der Waals surface area contributed by atoms with E-state index < -0.39 is 5.03 Å². The van der Waals surface area contributed by atoms with Crippen LogP contribution in [0.1, 0.15) is 24.6 Å². The summed E-state index contributed by atoms with van der Waals surface area (Å²) >= 11 is 0. The maximum Gasteiger partial charge on any atom is 0.354 e. The van der Waals surface area contributed by atoms with Gasteiger partial charge in [-0.1, -0.05) is 19.1 Å². The minimum Gasteiger partial charge on any atom is -0.365 e. The van der Waals surface area contributed by atoms with Crippen LogP contribution in [0.15, 0.2) is 46.4 Å². The SMILES string of the molecule is CCc1cc2cn(-c3ccc(CNCCCN/C(N)=N\[N+](=O)[O-])cc3)c(=O)nc2[nH]1. The summed E-state index contributed by atoms with van der Waals surface area (Å²) in [5, 5.41) is 19.1. The van der Waals surface area contributed by atoms with Crippen molar-refractivity contribution in [2.75, 3.05) is 13.1 Å². The maximum absolute atomic E-state index is 12.4. The Kier molecular flexibility index (Phi) is 6.75. The van der Waals surface area contributed by atoms with Gasteiger partial charge >= 0.3 is 5.69 Å². The number of benzene rings is 1. The van der Waals surface area contributed by atoms with Gasteiger partial charge in [-0.05, 0) is 43.1 Å². The smallest absolute Gasteiger partial charge is 0.354 e. The van der Waals surface area contributed by atoms with E-state index in [4.69, 9.17) is 5.73 Å². The highest BCUT2D eigenvalue weighted by molar-refractivity contribution is 5.77.